The SMILES string of the molecule is COc1cc2occ(-c3cccc(Br)c3)c2cc1/C(C)=C/C(=O)Nc1ccc(C)c(F)c1. The van der Waals surface area contributed by atoms with Gasteiger partial charge in [0, 0.05) is 38.8 Å². The van der Waals surface area contributed by atoms with E-state index < -0.39 is 0 Å². The second-order valence-electron chi connectivity index (χ2n) is 7.49. The van der Waals surface area contributed by atoms with Gasteiger partial charge in [0.05, 0.1) is 13.4 Å². The van der Waals surface area contributed by atoms with Crippen LogP contribution < -0.4 is 10.1 Å². The standard InChI is InChI=1S/C26H21BrFNO3/c1-15-7-8-19(11-23(15)28)29-26(30)9-16(2)20-12-21-22(17-5-4-6-18(27)10-17)14-32-25(21)13-24(20)31-3/h4-14H,1-3H3,(H,29,30)/b16-9+. The Morgan fingerprint density at radius 3 is 2.69 bits per heavy atom. The Balaban J connectivity index is 1.70. The summed E-state index contributed by atoms with van der Waals surface area (Å²) in [5.41, 5.74) is 5.03. The molecule has 3 aromatic carbocycles. The van der Waals surface area contributed by atoms with Crippen LogP contribution in [-0.4, -0.2) is 13.0 Å². The zero-order chi connectivity index (χ0) is 22.8. The predicted octanol–water partition coefficient (Wildman–Crippen LogP) is 7.36. The molecule has 4 rings (SSSR count). The first-order valence-electron chi connectivity index (χ1n) is 9.96. The van der Waals surface area contributed by atoms with Crippen molar-refractivity contribution in [3.8, 4) is 16.9 Å². The third-order valence-corrected chi connectivity index (χ3v) is 5.74. The number of ether oxygens (including phenoxy) is 1. The Morgan fingerprint density at radius 2 is 1.97 bits per heavy atom. The first-order valence-corrected chi connectivity index (χ1v) is 10.8. The minimum Gasteiger partial charge on any atom is -0.496 e. The molecule has 1 N–H and O–H groups in total. The molecule has 0 saturated carbocycles. The van der Waals surface area contributed by atoms with Crippen LogP contribution in [0, 0.1) is 12.7 Å². The molecular weight excluding hydrogens is 473 g/mol. The Morgan fingerprint density at radius 1 is 1.16 bits per heavy atom. The monoisotopic (exact) mass is 493 g/mol. The van der Waals surface area contributed by atoms with Crippen molar-refractivity contribution in [3.63, 3.8) is 0 Å². The summed E-state index contributed by atoms with van der Waals surface area (Å²) < 4.78 is 26.1. The molecule has 0 spiro atoms. The van der Waals surface area contributed by atoms with E-state index in [1.54, 1.807) is 32.4 Å². The van der Waals surface area contributed by atoms with Crippen LogP contribution >= 0.6 is 15.9 Å². The van der Waals surface area contributed by atoms with Gasteiger partial charge in [-0.15, -0.1) is 0 Å². The molecule has 1 amide bonds. The number of amides is 1. The quantitative estimate of drug-likeness (QED) is 0.295. The number of methoxy groups -OCH3 is 1. The summed E-state index contributed by atoms with van der Waals surface area (Å²) in [4.78, 5) is 12.6. The van der Waals surface area contributed by atoms with E-state index in [0.29, 0.717) is 28.2 Å². The molecule has 4 nitrogen and oxygen atoms in total. The lowest BCUT2D eigenvalue weighted by Crippen LogP contribution is -2.09. The van der Waals surface area contributed by atoms with Crippen LogP contribution in [0.25, 0.3) is 27.7 Å². The average molecular weight is 494 g/mol. The third-order valence-electron chi connectivity index (χ3n) is 5.24. The summed E-state index contributed by atoms with van der Waals surface area (Å²) in [6.45, 7) is 3.50. The number of carbonyl (C=O) groups excluding carboxylic acids is 1. The molecule has 0 aliphatic rings. The van der Waals surface area contributed by atoms with E-state index in [0.717, 1.165) is 26.5 Å². The van der Waals surface area contributed by atoms with Crippen molar-refractivity contribution >= 4 is 44.1 Å². The van der Waals surface area contributed by atoms with Crippen LogP contribution in [0.5, 0.6) is 5.75 Å². The molecule has 4 aromatic rings. The molecule has 0 aliphatic carbocycles. The molecule has 32 heavy (non-hydrogen) atoms. The van der Waals surface area contributed by atoms with Gasteiger partial charge in [-0.2, -0.15) is 0 Å². The lowest BCUT2D eigenvalue weighted by molar-refractivity contribution is -0.111. The number of hydrogen-bond acceptors (Lipinski definition) is 3. The summed E-state index contributed by atoms with van der Waals surface area (Å²) in [6, 6.07) is 16.3. The fraction of sp³-hybridized carbons (Fsp3) is 0.115. The molecule has 0 bridgehead atoms. The first-order chi connectivity index (χ1) is 15.4. The van der Waals surface area contributed by atoms with Crippen molar-refractivity contribution in [1.82, 2.24) is 0 Å². The maximum atomic E-state index is 13.8. The summed E-state index contributed by atoms with van der Waals surface area (Å²) >= 11 is 3.51. The molecule has 0 saturated heterocycles. The van der Waals surface area contributed by atoms with Gasteiger partial charge in [-0.05, 0) is 60.9 Å². The Hall–Kier alpha value is -3.38. The van der Waals surface area contributed by atoms with Crippen LogP contribution in [0.2, 0.25) is 0 Å². The molecule has 0 unspecified atom stereocenters. The zero-order valence-corrected chi connectivity index (χ0v) is 19.4. The fourth-order valence-corrected chi connectivity index (χ4v) is 3.93. The largest absolute Gasteiger partial charge is 0.496 e. The van der Waals surface area contributed by atoms with Gasteiger partial charge >= 0.3 is 0 Å². The van der Waals surface area contributed by atoms with Crippen molar-refractivity contribution in [2.45, 2.75) is 13.8 Å². The van der Waals surface area contributed by atoms with Gasteiger partial charge in [0.2, 0.25) is 5.91 Å². The number of aryl methyl sites for hydroxylation is 1. The fourth-order valence-electron chi connectivity index (χ4n) is 3.53. The van der Waals surface area contributed by atoms with Gasteiger partial charge < -0.3 is 14.5 Å². The number of hydrogen-bond donors (Lipinski definition) is 1. The van der Waals surface area contributed by atoms with Crippen molar-refractivity contribution in [2.24, 2.45) is 0 Å². The summed E-state index contributed by atoms with van der Waals surface area (Å²) in [7, 11) is 1.57. The highest BCUT2D eigenvalue weighted by Gasteiger charge is 2.15. The number of halogens is 2. The van der Waals surface area contributed by atoms with E-state index in [9.17, 15) is 9.18 Å². The van der Waals surface area contributed by atoms with E-state index in [-0.39, 0.29) is 11.7 Å². The molecule has 0 atom stereocenters. The van der Waals surface area contributed by atoms with Crippen LogP contribution in [0.15, 0.2) is 75.8 Å². The number of carbonyl (C=O) groups is 1. The van der Waals surface area contributed by atoms with Gasteiger partial charge in [0.25, 0.3) is 0 Å². The second-order valence-corrected chi connectivity index (χ2v) is 8.40. The van der Waals surface area contributed by atoms with Gasteiger partial charge in [0.15, 0.2) is 0 Å². The highest BCUT2D eigenvalue weighted by molar-refractivity contribution is 9.10. The van der Waals surface area contributed by atoms with Gasteiger partial charge in [-0.3, -0.25) is 4.79 Å². The van der Waals surface area contributed by atoms with Crippen molar-refractivity contribution in [3.05, 3.63) is 88.4 Å². The smallest absolute Gasteiger partial charge is 0.248 e. The highest BCUT2D eigenvalue weighted by atomic mass is 79.9. The van der Waals surface area contributed by atoms with Gasteiger partial charge in [-0.25, -0.2) is 4.39 Å². The van der Waals surface area contributed by atoms with E-state index in [2.05, 4.69) is 21.2 Å². The number of allylic oxidation sites excluding steroid dienone is 1. The lowest BCUT2D eigenvalue weighted by atomic mass is 9.99. The van der Waals surface area contributed by atoms with Gasteiger partial charge in [-0.1, -0.05) is 34.1 Å². The normalized spacial score (nSPS) is 11.6. The summed E-state index contributed by atoms with van der Waals surface area (Å²) in [5, 5.41) is 3.61. The van der Waals surface area contributed by atoms with E-state index >= 15 is 0 Å². The molecule has 6 heteroatoms. The number of rotatable bonds is 5. The van der Waals surface area contributed by atoms with Crippen LogP contribution in [0.3, 0.4) is 0 Å². The third kappa shape index (κ3) is 4.46. The van der Waals surface area contributed by atoms with Crippen molar-refractivity contribution < 1.29 is 18.3 Å². The Labute approximate surface area is 193 Å². The molecule has 1 heterocycles. The number of benzene rings is 3. The summed E-state index contributed by atoms with van der Waals surface area (Å²) in [6.07, 6.45) is 3.19. The molecule has 0 fully saturated rings. The Bertz CT molecular complexity index is 1360. The van der Waals surface area contributed by atoms with Crippen molar-refractivity contribution in [2.75, 3.05) is 12.4 Å². The second kappa shape index (κ2) is 9.01. The zero-order valence-electron chi connectivity index (χ0n) is 17.8. The number of anilines is 1. The number of fused-ring (bicyclic) bond motifs is 1. The van der Waals surface area contributed by atoms with Crippen molar-refractivity contribution in [1.29, 1.82) is 0 Å². The van der Waals surface area contributed by atoms with Gasteiger partial charge in [0.1, 0.15) is 17.1 Å². The minimum absolute atomic E-state index is 0.354. The first kappa shape index (κ1) is 21.8. The molecule has 0 radical (unpaired) electrons. The van der Waals surface area contributed by atoms with Crippen LogP contribution in [-0.2, 0) is 4.79 Å². The molecular formula is C26H21BrFNO3. The van der Waals surface area contributed by atoms with Crippen LogP contribution in [0.1, 0.15) is 18.1 Å². The average Bonchev–Trinajstić information content (AvgIpc) is 3.18. The maximum absolute atomic E-state index is 13.8. The lowest BCUT2D eigenvalue weighted by Gasteiger charge is -2.10. The summed E-state index contributed by atoms with van der Waals surface area (Å²) in [5.74, 6) is -0.126. The van der Waals surface area contributed by atoms with E-state index in [1.165, 1.54) is 12.1 Å². The predicted molar refractivity (Wildman–Crippen MR) is 129 cm³/mol. The van der Waals surface area contributed by atoms with Crippen LogP contribution in [0.4, 0.5) is 10.1 Å². The van der Waals surface area contributed by atoms with E-state index in [4.69, 9.17) is 9.15 Å². The van der Waals surface area contributed by atoms with E-state index in [1.807, 2.05) is 43.3 Å². The number of nitrogens with one attached hydrogen (secondary N) is 1. The molecule has 1 aromatic heterocycles. The Kier molecular flexibility index (Phi) is 6.15. The number of furan rings is 1. The maximum Gasteiger partial charge on any atom is 0.248 e. The topological polar surface area (TPSA) is 51.5 Å². The highest BCUT2D eigenvalue weighted by Crippen LogP contribution is 2.38. The minimum atomic E-state index is -0.365. The molecule has 0 aliphatic heterocycles. The molecule has 162 valence electrons.